The highest BCUT2D eigenvalue weighted by Crippen LogP contribution is 2.49. The Hall–Kier alpha value is -1.77. The van der Waals surface area contributed by atoms with Crippen molar-refractivity contribution in [2.24, 2.45) is 0 Å². The number of aryl methyl sites for hydroxylation is 2. The van der Waals surface area contributed by atoms with Crippen LogP contribution in [0.4, 0.5) is 0 Å². The molecule has 1 N–H and O–H groups in total. The lowest BCUT2D eigenvalue weighted by Crippen LogP contribution is -2.52. The first-order valence-corrected chi connectivity index (χ1v) is 8.73. The Morgan fingerprint density at radius 3 is 2.83 bits per heavy atom. The topological polar surface area (TPSA) is 38.3 Å². The van der Waals surface area contributed by atoms with E-state index in [2.05, 4.69) is 38.2 Å². The van der Waals surface area contributed by atoms with Gasteiger partial charge in [-0.2, -0.15) is 0 Å². The van der Waals surface area contributed by atoms with E-state index in [0.717, 1.165) is 12.1 Å². The fourth-order valence-electron chi connectivity index (χ4n) is 4.37. The number of esters is 1. The van der Waals surface area contributed by atoms with Gasteiger partial charge in [0.1, 0.15) is 0 Å². The van der Waals surface area contributed by atoms with E-state index in [9.17, 15) is 4.79 Å². The van der Waals surface area contributed by atoms with Gasteiger partial charge in [-0.15, -0.1) is 0 Å². The normalized spacial score (nSPS) is 27.8. The quantitative estimate of drug-likeness (QED) is 0.656. The average molecular weight is 313 g/mol. The molecule has 0 spiro atoms. The molecule has 23 heavy (non-hydrogen) atoms. The molecule has 2 aliphatic rings. The van der Waals surface area contributed by atoms with E-state index in [4.69, 9.17) is 4.74 Å². The fraction of sp³-hybridized carbons (Fsp3) is 0.550. The molecule has 3 heteroatoms. The van der Waals surface area contributed by atoms with Crippen LogP contribution in [-0.2, 0) is 9.53 Å². The van der Waals surface area contributed by atoms with E-state index < -0.39 is 0 Å². The summed E-state index contributed by atoms with van der Waals surface area (Å²) in [6.07, 6.45) is 6.53. The molecule has 1 heterocycles. The number of benzene rings is 1. The van der Waals surface area contributed by atoms with Gasteiger partial charge in [0.2, 0.25) is 0 Å². The third kappa shape index (κ3) is 2.77. The zero-order chi connectivity index (χ0) is 16.6. The summed E-state index contributed by atoms with van der Waals surface area (Å²) in [6.45, 7) is 8.88. The molecular weight excluding hydrogens is 286 g/mol. The molecule has 124 valence electrons. The van der Waals surface area contributed by atoms with Crippen LogP contribution in [-0.4, -0.2) is 18.1 Å². The molecule has 3 nitrogen and oxygen atoms in total. The van der Waals surface area contributed by atoms with Crippen LogP contribution in [0.25, 0.3) is 5.70 Å². The molecule has 1 fully saturated rings. The summed E-state index contributed by atoms with van der Waals surface area (Å²) in [5, 5.41) is 3.71. The van der Waals surface area contributed by atoms with Crippen molar-refractivity contribution in [1.82, 2.24) is 5.32 Å². The molecule has 0 bridgehead atoms. The summed E-state index contributed by atoms with van der Waals surface area (Å²) in [4.78, 5) is 12.0. The van der Waals surface area contributed by atoms with Gasteiger partial charge < -0.3 is 10.1 Å². The second-order valence-electron chi connectivity index (χ2n) is 7.14. The van der Waals surface area contributed by atoms with Gasteiger partial charge in [-0.1, -0.05) is 25.0 Å². The number of fused-ring (bicyclic) bond motifs is 3. The maximum Gasteiger partial charge on any atom is 0.332 e. The van der Waals surface area contributed by atoms with Crippen LogP contribution in [0.3, 0.4) is 0 Å². The molecule has 1 aliphatic carbocycles. The predicted molar refractivity (Wildman–Crippen MR) is 93.3 cm³/mol. The number of carbonyl (C=O) groups is 1. The van der Waals surface area contributed by atoms with Crippen LogP contribution in [0.2, 0.25) is 0 Å². The molecule has 1 aliphatic heterocycles. The molecule has 0 radical (unpaired) electrons. The molecule has 1 saturated carbocycles. The summed E-state index contributed by atoms with van der Waals surface area (Å²) in [6, 6.07) is 4.37. The number of ether oxygens (including phenoxy) is 1. The minimum Gasteiger partial charge on any atom is -0.463 e. The molecule has 0 saturated heterocycles. The average Bonchev–Trinajstić information content (AvgIpc) is 2.49. The Morgan fingerprint density at radius 2 is 2.09 bits per heavy atom. The van der Waals surface area contributed by atoms with E-state index in [0.29, 0.717) is 12.5 Å². The lowest BCUT2D eigenvalue weighted by molar-refractivity contribution is -0.137. The number of rotatable bonds is 2. The van der Waals surface area contributed by atoms with Crippen LogP contribution in [0, 0.1) is 13.8 Å². The van der Waals surface area contributed by atoms with Crippen LogP contribution in [0.1, 0.15) is 67.7 Å². The van der Waals surface area contributed by atoms with Gasteiger partial charge >= 0.3 is 5.97 Å². The zero-order valence-electron chi connectivity index (χ0n) is 14.7. The largest absolute Gasteiger partial charge is 0.463 e. The summed E-state index contributed by atoms with van der Waals surface area (Å²) in [5.41, 5.74) is 6.16. The van der Waals surface area contributed by atoms with E-state index in [-0.39, 0.29) is 11.5 Å². The van der Waals surface area contributed by atoms with Gasteiger partial charge in [0.25, 0.3) is 0 Å². The SMILES string of the molecule is CCOC(=O)/C=C1\NC2(C)CCCCC2c2c(C)ccc(C)c21. The highest BCUT2D eigenvalue weighted by molar-refractivity contribution is 5.93. The molecule has 2 atom stereocenters. The van der Waals surface area contributed by atoms with Gasteiger partial charge in [-0.25, -0.2) is 4.79 Å². The molecule has 0 aromatic heterocycles. The molecule has 0 amide bonds. The van der Waals surface area contributed by atoms with Gasteiger partial charge in [-0.05, 0) is 57.2 Å². The summed E-state index contributed by atoms with van der Waals surface area (Å²) in [7, 11) is 0. The van der Waals surface area contributed by atoms with Crippen LogP contribution in [0.15, 0.2) is 18.2 Å². The van der Waals surface area contributed by atoms with E-state index >= 15 is 0 Å². The maximum absolute atomic E-state index is 12.0. The molecule has 3 rings (SSSR count). The van der Waals surface area contributed by atoms with Crippen molar-refractivity contribution < 1.29 is 9.53 Å². The van der Waals surface area contributed by atoms with Crippen molar-refractivity contribution in [3.05, 3.63) is 40.5 Å². The number of hydrogen-bond acceptors (Lipinski definition) is 3. The lowest BCUT2D eigenvalue weighted by Gasteiger charge is -2.49. The Morgan fingerprint density at radius 1 is 1.35 bits per heavy atom. The minimum absolute atomic E-state index is 0.0299. The van der Waals surface area contributed by atoms with E-state index in [1.165, 1.54) is 41.5 Å². The zero-order valence-corrected chi connectivity index (χ0v) is 14.7. The number of carbonyl (C=O) groups excluding carboxylic acids is 1. The van der Waals surface area contributed by atoms with Crippen molar-refractivity contribution in [3.63, 3.8) is 0 Å². The smallest absolute Gasteiger partial charge is 0.332 e. The second-order valence-corrected chi connectivity index (χ2v) is 7.14. The third-order valence-corrected chi connectivity index (χ3v) is 5.47. The molecule has 2 unspecified atom stereocenters. The Balaban J connectivity index is 2.17. The molecule has 1 aromatic carbocycles. The van der Waals surface area contributed by atoms with Crippen LogP contribution >= 0.6 is 0 Å². The van der Waals surface area contributed by atoms with Crippen LogP contribution < -0.4 is 5.32 Å². The minimum atomic E-state index is -0.264. The summed E-state index contributed by atoms with van der Waals surface area (Å²) in [5.74, 6) is 0.255. The number of hydrogen-bond donors (Lipinski definition) is 1. The third-order valence-electron chi connectivity index (χ3n) is 5.47. The van der Waals surface area contributed by atoms with Crippen LogP contribution in [0.5, 0.6) is 0 Å². The van der Waals surface area contributed by atoms with Crippen molar-refractivity contribution in [1.29, 1.82) is 0 Å². The lowest BCUT2D eigenvalue weighted by atomic mass is 9.65. The van der Waals surface area contributed by atoms with E-state index in [1.807, 2.05) is 6.92 Å². The van der Waals surface area contributed by atoms with Crippen molar-refractivity contribution >= 4 is 11.7 Å². The Bertz CT molecular complexity index is 662. The summed E-state index contributed by atoms with van der Waals surface area (Å²) < 4.78 is 5.14. The maximum atomic E-state index is 12.0. The second kappa shape index (κ2) is 6.03. The fourth-order valence-corrected chi connectivity index (χ4v) is 4.37. The van der Waals surface area contributed by atoms with Crippen molar-refractivity contribution in [2.75, 3.05) is 6.61 Å². The molecule has 1 aromatic rings. The first-order valence-electron chi connectivity index (χ1n) is 8.73. The monoisotopic (exact) mass is 313 g/mol. The summed E-state index contributed by atoms with van der Waals surface area (Å²) >= 11 is 0. The molecular formula is C20H27NO2. The van der Waals surface area contributed by atoms with Gasteiger partial charge in [0.05, 0.1) is 6.61 Å². The highest BCUT2D eigenvalue weighted by Gasteiger charge is 2.43. The standard InChI is InChI=1S/C20H27NO2/c1-5-23-17(22)12-16-19-14(3)10-9-13(2)18(19)15-8-6-7-11-20(15,4)21-16/h9-10,12,15,21H,5-8,11H2,1-4H3/b16-12-. The first kappa shape index (κ1) is 16.1. The predicted octanol–water partition coefficient (Wildman–Crippen LogP) is 4.23. The van der Waals surface area contributed by atoms with E-state index in [1.54, 1.807) is 6.08 Å². The van der Waals surface area contributed by atoms with Gasteiger partial charge in [0, 0.05) is 28.8 Å². The Labute approximate surface area is 139 Å². The van der Waals surface area contributed by atoms with Gasteiger partial charge in [-0.3, -0.25) is 0 Å². The van der Waals surface area contributed by atoms with Gasteiger partial charge in [0.15, 0.2) is 0 Å². The van der Waals surface area contributed by atoms with Crippen molar-refractivity contribution in [2.45, 2.75) is 64.8 Å². The Kier molecular flexibility index (Phi) is 4.22. The highest BCUT2D eigenvalue weighted by atomic mass is 16.5. The number of nitrogens with one attached hydrogen (secondary N) is 1. The first-order chi connectivity index (χ1) is 11.0. The van der Waals surface area contributed by atoms with Crippen molar-refractivity contribution in [3.8, 4) is 0 Å².